The summed E-state index contributed by atoms with van der Waals surface area (Å²) in [6.07, 6.45) is 0.848. The molecule has 0 saturated carbocycles. The Morgan fingerprint density at radius 1 is 1.29 bits per heavy atom. The molecule has 1 aromatic rings. The van der Waals surface area contributed by atoms with Crippen LogP contribution in [0.1, 0.15) is 24.8 Å². The average Bonchev–Trinajstić information content (AvgIpc) is 2.20. The number of hydrogen-bond acceptors (Lipinski definition) is 1. The molecule has 0 N–H and O–H groups in total. The molecule has 0 aromatic heterocycles. The highest BCUT2D eigenvalue weighted by atomic mass is 16.2. The smallest absolute Gasteiger partial charge is 0.229 e. The molecule has 1 amide bonds. The lowest BCUT2D eigenvalue weighted by atomic mass is 9.95. The molecule has 0 aliphatic rings. The summed E-state index contributed by atoms with van der Waals surface area (Å²) >= 11 is 0. The second-order valence-electron chi connectivity index (χ2n) is 3.60. The molecular formula is C12H17NO. The zero-order chi connectivity index (χ0) is 10.6. The van der Waals surface area contributed by atoms with Crippen molar-refractivity contribution in [2.75, 3.05) is 14.1 Å². The van der Waals surface area contributed by atoms with Gasteiger partial charge in [0.1, 0.15) is 0 Å². The third kappa shape index (κ3) is 2.34. The highest BCUT2D eigenvalue weighted by Crippen LogP contribution is 2.20. The van der Waals surface area contributed by atoms with E-state index < -0.39 is 0 Å². The zero-order valence-corrected chi connectivity index (χ0v) is 9.03. The third-order valence-electron chi connectivity index (χ3n) is 2.35. The fourth-order valence-corrected chi connectivity index (χ4v) is 1.55. The summed E-state index contributed by atoms with van der Waals surface area (Å²) in [6, 6.07) is 9.93. The molecule has 0 spiro atoms. The van der Waals surface area contributed by atoms with E-state index in [4.69, 9.17) is 0 Å². The number of likely N-dealkylation sites (N-methyl/N-ethyl adjacent to an activating group) is 1. The lowest BCUT2D eigenvalue weighted by Gasteiger charge is -2.19. The zero-order valence-electron chi connectivity index (χ0n) is 9.03. The van der Waals surface area contributed by atoms with Crippen molar-refractivity contribution < 1.29 is 4.79 Å². The molecular weight excluding hydrogens is 174 g/mol. The second-order valence-corrected chi connectivity index (χ2v) is 3.60. The van der Waals surface area contributed by atoms with Gasteiger partial charge in [0, 0.05) is 14.1 Å². The Labute approximate surface area is 85.5 Å². The first-order chi connectivity index (χ1) is 6.66. The molecule has 0 heterocycles. The normalized spacial score (nSPS) is 12.2. The van der Waals surface area contributed by atoms with Crippen molar-refractivity contribution in [3.63, 3.8) is 0 Å². The lowest BCUT2D eigenvalue weighted by Crippen LogP contribution is -2.27. The minimum atomic E-state index is 0.00574. The molecule has 2 heteroatoms. The number of hydrogen-bond donors (Lipinski definition) is 0. The molecule has 0 radical (unpaired) electrons. The minimum absolute atomic E-state index is 0.00574. The number of amides is 1. The maximum absolute atomic E-state index is 11.8. The first kappa shape index (κ1) is 10.8. The summed E-state index contributed by atoms with van der Waals surface area (Å²) in [5, 5.41) is 0. The second kappa shape index (κ2) is 4.80. The summed E-state index contributed by atoms with van der Waals surface area (Å²) < 4.78 is 0. The standard InChI is InChI=1S/C12H17NO/c1-4-11(12(14)13(2)3)10-8-6-5-7-9-10/h5-9,11H,4H2,1-3H3/t11-/m0/s1. The van der Waals surface area contributed by atoms with Crippen LogP contribution in [0.25, 0.3) is 0 Å². The molecule has 0 fully saturated rings. The van der Waals surface area contributed by atoms with Crippen LogP contribution < -0.4 is 0 Å². The number of nitrogens with zero attached hydrogens (tertiary/aromatic N) is 1. The van der Waals surface area contributed by atoms with Crippen molar-refractivity contribution in [3.8, 4) is 0 Å². The SMILES string of the molecule is CC[C@H](C(=O)N(C)C)c1ccccc1. The molecule has 0 saturated heterocycles. The van der Waals surface area contributed by atoms with Crippen molar-refractivity contribution in [1.82, 2.24) is 4.90 Å². The summed E-state index contributed by atoms with van der Waals surface area (Å²) in [5.74, 6) is 0.185. The van der Waals surface area contributed by atoms with Gasteiger partial charge in [0.15, 0.2) is 0 Å². The van der Waals surface area contributed by atoms with Crippen molar-refractivity contribution in [1.29, 1.82) is 0 Å². The highest BCUT2D eigenvalue weighted by molar-refractivity contribution is 5.83. The molecule has 2 nitrogen and oxygen atoms in total. The molecule has 76 valence electrons. The van der Waals surface area contributed by atoms with Crippen molar-refractivity contribution >= 4 is 5.91 Å². The van der Waals surface area contributed by atoms with E-state index in [0.29, 0.717) is 0 Å². The Bertz CT molecular complexity index is 292. The van der Waals surface area contributed by atoms with E-state index >= 15 is 0 Å². The van der Waals surface area contributed by atoms with Gasteiger partial charge in [-0.25, -0.2) is 0 Å². The monoisotopic (exact) mass is 191 g/mol. The minimum Gasteiger partial charge on any atom is -0.348 e. The first-order valence-corrected chi connectivity index (χ1v) is 4.93. The predicted octanol–water partition coefficient (Wildman–Crippen LogP) is 2.27. The molecule has 1 rings (SSSR count). The maximum Gasteiger partial charge on any atom is 0.229 e. The number of rotatable bonds is 3. The molecule has 0 bridgehead atoms. The molecule has 1 atom stereocenters. The van der Waals surface area contributed by atoms with Gasteiger partial charge in [-0.3, -0.25) is 4.79 Å². The molecule has 0 aliphatic carbocycles. The third-order valence-corrected chi connectivity index (χ3v) is 2.35. The Morgan fingerprint density at radius 3 is 2.29 bits per heavy atom. The maximum atomic E-state index is 11.8. The van der Waals surface area contributed by atoms with Crippen LogP contribution in [0, 0.1) is 0 Å². The van der Waals surface area contributed by atoms with Crippen molar-refractivity contribution in [3.05, 3.63) is 35.9 Å². The largest absolute Gasteiger partial charge is 0.348 e. The van der Waals surface area contributed by atoms with Gasteiger partial charge in [0.25, 0.3) is 0 Å². The molecule has 0 unspecified atom stereocenters. The van der Waals surface area contributed by atoms with Crippen molar-refractivity contribution in [2.24, 2.45) is 0 Å². The van der Waals surface area contributed by atoms with E-state index in [2.05, 4.69) is 0 Å². The Hall–Kier alpha value is -1.31. The lowest BCUT2D eigenvalue weighted by molar-refractivity contribution is -0.130. The van der Waals surface area contributed by atoms with Crippen LogP contribution in [0.4, 0.5) is 0 Å². The Balaban J connectivity index is 2.88. The van der Waals surface area contributed by atoms with Crippen LogP contribution in [0.15, 0.2) is 30.3 Å². The topological polar surface area (TPSA) is 20.3 Å². The van der Waals surface area contributed by atoms with Crippen LogP contribution >= 0.6 is 0 Å². The number of benzene rings is 1. The van der Waals surface area contributed by atoms with Crippen LogP contribution in [0.2, 0.25) is 0 Å². The van der Waals surface area contributed by atoms with Crippen LogP contribution in [-0.4, -0.2) is 24.9 Å². The Kier molecular flexibility index (Phi) is 3.69. The number of carbonyl (C=O) groups is 1. The van der Waals surface area contributed by atoms with Crippen LogP contribution in [-0.2, 0) is 4.79 Å². The van der Waals surface area contributed by atoms with Gasteiger partial charge in [-0.05, 0) is 12.0 Å². The van der Waals surface area contributed by atoms with Gasteiger partial charge >= 0.3 is 0 Å². The van der Waals surface area contributed by atoms with Gasteiger partial charge in [-0.2, -0.15) is 0 Å². The molecule has 0 aliphatic heterocycles. The van der Waals surface area contributed by atoms with Crippen LogP contribution in [0.3, 0.4) is 0 Å². The summed E-state index contributed by atoms with van der Waals surface area (Å²) in [6.45, 7) is 2.04. The predicted molar refractivity (Wildman–Crippen MR) is 58.2 cm³/mol. The van der Waals surface area contributed by atoms with Gasteiger partial charge in [0.2, 0.25) is 5.91 Å². The van der Waals surface area contributed by atoms with E-state index in [9.17, 15) is 4.79 Å². The van der Waals surface area contributed by atoms with E-state index in [1.807, 2.05) is 37.3 Å². The van der Waals surface area contributed by atoms with Gasteiger partial charge in [-0.15, -0.1) is 0 Å². The fraction of sp³-hybridized carbons (Fsp3) is 0.417. The van der Waals surface area contributed by atoms with Crippen LogP contribution in [0.5, 0.6) is 0 Å². The quantitative estimate of drug-likeness (QED) is 0.717. The van der Waals surface area contributed by atoms with Gasteiger partial charge < -0.3 is 4.90 Å². The van der Waals surface area contributed by atoms with Gasteiger partial charge in [0.05, 0.1) is 5.92 Å². The number of carbonyl (C=O) groups excluding carboxylic acids is 1. The van der Waals surface area contributed by atoms with Crippen molar-refractivity contribution in [2.45, 2.75) is 19.3 Å². The fourth-order valence-electron chi connectivity index (χ4n) is 1.55. The van der Waals surface area contributed by atoms with E-state index in [1.54, 1.807) is 19.0 Å². The Morgan fingerprint density at radius 2 is 1.86 bits per heavy atom. The summed E-state index contributed by atoms with van der Waals surface area (Å²) in [7, 11) is 3.60. The van der Waals surface area contributed by atoms with E-state index in [0.717, 1.165) is 12.0 Å². The van der Waals surface area contributed by atoms with Gasteiger partial charge in [-0.1, -0.05) is 37.3 Å². The highest BCUT2D eigenvalue weighted by Gasteiger charge is 2.19. The molecule has 14 heavy (non-hydrogen) atoms. The first-order valence-electron chi connectivity index (χ1n) is 4.93. The van der Waals surface area contributed by atoms with E-state index in [-0.39, 0.29) is 11.8 Å². The average molecular weight is 191 g/mol. The van der Waals surface area contributed by atoms with E-state index in [1.165, 1.54) is 0 Å². The molecule has 1 aromatic carbocycles. The summed E-state index contributed by atoms with van der Waals surface area (Å²) in [4.78, 5) is 13.5. The summed E-state index contributed by atoms with van der Waals surface area (Å²) in [5.41, 5.74) is 1.11.